The van der Waals surface area contributed by atoms with Gasteiger partial charge >= 0.3 is 0 Å². The summed E-state index contributed by atoms with van der Waals surface area (Å²) in [7, 11) is 1.79. The van der Waals surface area contributed by atoms with Gasteiger partial charge in [0.05, 0.1) is 17.8 Å². The number of methoxy groups -OCH3 is 1. The maximum Gasteiger partial charge on any atom is 0.191 e. The molecule has 2 atom stereocenters. The van der Waals surface area contributed by atoms with Gasteiger partial charge in [-0.15, -0.1) is 0 Å². The summed E-state index contributed by atoms with van der Waals surface area (Å²) >= 11 is 0. The van der Waals surface area contributed by atoms with Crippen LogP contribution in [-0.4, -0.2) is 36.4 Å². The van der Waals surface area contributed by atoms with Crippen molar-refractivity contribution in [3.05, 3.63) is 17.0 Å². The van der Waals surface area contributed by atoms with Crippen molar-refractivity contribution in [2.45, 2.75) is 66.2 Å². The monoisotopic (exact) mass is 322 g/mol. The summed E-state index contributed by atoms with van der Waals surface area (Å²) in [6.07, 6.45) is 0.965. The van der Waals surface area contributed by atoms with Crippen LogP contribution in [0.3, 0.4) is 0 Å². The van der Waals surface area contributed by atoms with Gasteiger partial charge in [-0.05, 0) is 34.1 Å². The van der Waals surface area contributed by atoms with Gasteiger partial charge in [0.1, 0.15) is 5.76 Å². The summed E-state index contributed by atoms with van der Waals surface area (Å²) in [5.41, 5.74) is 1.90. The van der Waals surface area contributed by atoms with Crippen molar-refractivity contribution < 1.29 is 9.26 Å². The maximum absolute atomic E-state index is 5.69. The minimum Gasteiger partial charge on any atom is -0.378 e. The normalized spacial score (nSPS) is 26.7. The number of guanidine groups is 1. The molecule has 0 aromatic carbocycles. The Balaban J connectivity index is 2.07. The first kappa shape index (κ1) is 17.8. The molecule has 1 fully saturated rings. The van der Waals surface area contributed by atoms with Crippen molar-refractivity contribution in [2.75, 3.05) is 13.7 Å². The molecule has 0 bridgehead atoms. The minimum atomic E-state index is -0.0936. The molecular weight excluding hydrogens is 292 g/mol. The summed E-state index contributed by atoms with van der Waals surface area (Å²) in [6, 6.07) is 0.329. The second kappa shape index (κ2) is 6.51. The summed E-state index contributed by atoms with van der Waals surface area (Å²) in [6.45, 7) is 13.9. The van der Waals surface area contributed by atoms with Gasteiger partial charge in [0.25, 0.3) is 0 Å². The molecule has 1 aromatic rings. The Bertz CT molecular complexity index is 560. The van der Waals surface area contributed by atoms with Gasteiger partial charge in [0.15, 0.2) is 5.96 Å². The van der Waals surface area contributed by atoms with Crippen molar-refractivity contribution in [1.82, 2.24) is 15.8 Å². The molecule has 2 rings (SSSR count). The zero-order chi connectivity index (χ0) is 17.3. The molecule has 1 aliphatic carbocycles. The fourth-order valence-corrected chi connectivity index (χ4v) is 3.09. The fraction of sp³-hybridized carbons (Fsp3) is 0.765. The number of nitrogens with one attached hydrogen (secondary N) is 2. The van der Waals surface area contributed by atoms with Crippen LogP contribution in [0.4, 0.5) is 0 Å². The van der Waals surface area contributed by atoms with Gasteiger partial charge in [-0.3, -0.25) is 0 Å². The number of rotatable bonds is 5. The molecule has 6 heteroatoms. The van der Waals surface area contributed by atoms with Crippen LogP contribution in [0, 0.1) is 19.3 Å². The first-order chi connectivity index (χ1) is 10.7. The fourth-order valence-electron chi connectivity index (χ4n) is 3.09. The molecule has 1 heterocycles. The van der Waals surface area contributed by atoms with E-state index >= 15 is 0 Å². The molecule has 0 radical (unpaired) electrons. The summed E-state index contributed by atoms with van der Waals surface area (Å²) in [5.74, 6) is 1.65. The second-order valence-electron chi connectivity index (χ2n) is 7.06. The van der Waals surface area contributed by atoms with E-state index in [0.717, 1.165) is 35.9 Å². The molecule has 6 nitrogen and oxygen atoms in total. The van der Waals surface area contributed by atoms with E-state index in [4.69, 9.17) is 14.3 Å². The number of ether oxygens (including phenoxy) is 1. The smallest absolute Gasteiger partial charge is 0.191 e. The molecule has 23 heavy (non-hydrogen) atoms. The highest BCUT2D eigenvalue weighted by Gasteiger charge is 2.58. The lowest BCUT2D eigenvalue weighted by Crippen LogP contribution is -2.69. The standard InChI is InChI=1S/C17H30N4O2/c1-8-18-15(19-10-13-11(2)21-23-12(13)3)20-14-9-17(6,22-7)16(14,4)5/h14H,8-10H2,1-7H3,(H2,18,19,20). The van der Waals surface area contributed by atoms with Crippen molar-refractivity contribution in [3.8, 4) is 0 Å². The third-order valence-electron chi connectivity index (χ3n) is 5.51. The summed E-state index contributed by atoms with van der Waals surface area (Å²) in [4.78, 5) is 4.69. The third-order valence-corrected chi connectivity index (χ3v) is 5.51. The van der Waals surface area contributed by atoms with Crippen LogP contribution in [0.2, 0.25) is 0 Å². The van der Waals surface area contributed by atoms with E-state index in [1.807, 2.05) is 13.8 Å². The van der Waals surface area contributed by atoms with Crippen LogP contribution in [0.25, 0.3) is 0 Å². The Hall–Kier alpha value is -1.56. The van der Waals surface area contributed by atoms with Gasteiger partial charge in [0.2, 0.25) is 0 Å². The van der Waals surface area contributed by atoms with E-state index < -0.39 is 0 Å². The average molecular weight is 322 g/mol. The molecule has 0 aliphatic heterocycles. The van der Waals surface area contributed by atoms with E-state index in [2.05, 4.69) is 43.5 Å². The molecule has 0 saturated heterocycles. The molecule has 1 saturated carbocycles. The van der Waals surface area contributed by atoms with Crippen molar-refractivity contribution in [3.63, 3.8) is 0 Å². The Morgan fingerprint density at radius 2 is 2.09 bits per heavy atom. The lowest BCUT2D eigenvalue weighted by molar-refractivity contribution is -0.176. The highest BCUT2D eigenvalue weighted by molar-refractivity contribution is 5.80. The van der Waals surface area contributed by atoms with Crippen molar-refractivity contribution in [1.29, 1.82) is 0 Å². The van der Waals surface area contributed by atoms with Gasteiger partial charge in [-0.2, -0.15) is 0 Å². The van der Waals surface area contributed by atoms with Gasteiger partial charge < -0.3 is 19.9 Å². The molecule has 0 spiro atoms. The molecule has 2 unspecified atom stereocenters. The first-order valence-electron chi connectivity index (χ1n) is 8.27. The zero-order valence-electron chi connectivity index (χ0n) is 15.4. The van der Waals surface area contributed by atoms with Crippen molar-refractivity contribution in [2.24, 2.45) is 10.4 Å². The number of aromatic nitrogens is 1. The molecule has 2 N–H and O–H groups in total. The number of hydrogen-bond acceptors (Lipinski definition) is 4. The maximum atomic E-state index is 5.69. The van der Waals surface area contributed by atoms with Crippen molar-refractivity contribution >= 4 is 5.96 Å². The highest BCUT2D eigenvalue weighted by Crippen LogP contribution is 2.51. The average Bonchev–Trinajstić information content (AvgIpc) is 2.83. The zero-order valence-corrected chi connectivity index (χ0v) is 15.4. The van der Waals surface area contributed by atoms with E-state index in [1.54, 1.807) is 7.11 Å². The molecule has 1 aliphatic rings. The van der Waals surface area contributed by atoms with Crippen LogP contribution in [0.5, 0.6) is 0 Å². The lowest BCUT2D eigenvalue weighted by Gasteiger charge is -2.59. The summed E-state index contributed by atoms with van der Waals surface area (Å²) < 4.78 is 10.9. The van der Waals surface area contributed by atoms with Crippen LogP contribution in [0.1, 0.15) is 51.1 Å². The van der Waals surface area contributed by atoms with E-state index in [9.17, 15) is 0 Å². The largest absolute Gasteiger partial charge is 0.378 e. The topological polar surface area (TPSA) is 71.7 Å². The third kappa shape index (κ3) is 3.22. The Morgan fingerprint density at radius 3 is 2.57 bits per heavy atom. The van der Waals surface area contributed by atoms with Gasteiger partial charge in [-0.25, -0.2) is 4.99 Å². The molecule has 1 aromatic heterocycles. The predicted molar refractivity (Wildman–Crippen MR) is 91.5 cm³/mol. The second-order valence-corrected chi connectivity index (χ2v) is 7.06. The summed E-state index contributed by atoms with van der Waals surface area (Å²) in [5, 5.41) is 10.8. The van der Waals surface area contributed by atoms with Crippen LogP contribution >= 0.6 is 0 Å². The molecular formula is C17H30N4O2. The molecule has 0 amide bonds. The van der Waals surface area contributed by atoms with E-state index in [-0.39, 0.29) is 11.0 Å². The van der Waals surface area contributed by atoms with Crippen LogP contribution in [-0.2, 0) is 11.3 Å². The lowest BCUT2D eigenvalue weighted by atomic mass is 9.56. The van der Waals surface area contributed by atoms with Gasteiger partial charge in [-0.1, -0.05) is 19.0 Å². The quantitative estimate of drug-likeness (QED) is 0.644. The van der Waals surface area contributed by atoms with Gasteiger partial charge in [0, 0.05) is 30.7 Å². The van der Waals surface area contributed by atoms with Crippen LogP contribution < -0.4 is 10.6 Å². The molecule has 130 valence electrons. The van der Waals surface area contributed by atoms with Crippen LogP contribution in [0.15, 0.2) is 9.52 Å². The van der Waals surface area contributed by atoms with E-state index in [0.29, 0.717) is 12.6 Å². The Morgan fingerprint density at radius 1 is 1.39 bits per heavy atom. The first-order valence-corrected chi connectivity index (χ1v) is 8.27. The SMILES string of the molecule is CCNC(=NCc1c(C)noc1C)NC1CC(C)(OC)C1(C)C. The number of aryl methyl sites for hydroxylation is 2. The van der Waals surface area contributed by atoms with E-state index in [1.165, 1.54) is 0 Å². The highest BCUT2D eigenvalue weighted by atomic mass is 16.5. The predicted octanol–water partition coefficient (Wildman–Crippen LogP) is 2.55. The minimum absolute atomic E-state index is 0.0426. The number of nitrogens with zero attached hydrogens (tertiary/aromatic N) is 2. The number of hydrogen-bond donors (Lipinski definition) is 2. The number of aliphatic imine (C=N–C) groups is 1. The Labute approximate surface area is 139 Å². The Kier molecular flexibility index (Phi) is 5.04.